The molecule has 1 aliphatic rings. The fourth-order valence-electron chi connectivity index (χ4n) is 2.96. The van der Waals surface area contributed by atoms with Gasteiger partial charge >= 0.3 is 0 Å². The predicted octanol–water partition coefficient (Wildman–Crippen LogP) is 4.29. The van der Waals surface area contributed by atoms with E-state index in [1.165, 1.54) is 12.8 Å². The number of Topliss-reactive ketones (excluding diaryl/α,β-unsaturated/α-hetero) is 1. The Balaban J connectivity index is 1.73. The first-order chi connectivity index (χ1) is 11.4. The average molecular weight is 326 g/mol. The van der Waals surface area contributed by atoms with Crippen molar-refractivity contribution in [1.29, 1.82) is 0 Å². The van der Waals surface area contributed by atoms with Gasteiger partial charge in [-0.25, -0.2) is 0 Å². The van der Waals surface area contributed by atoms with Crippen LogP contribution in [0.25, 0.3) is 10.9 Å². The molecule has 0 amide bonds. The Bertz CT molecular complexity index is 764. The van der Waals surface area contributed by atoms with Crippen LogP contribution in [0.5, 0.6) is 5.75 Å². The Labute approximate surface area is 143 Å². The number of rotatable bonds is 7. The summed E-state index contributed by atoms with van der Waals surface area (Å²) in [6, 6.07) is 7.57. The summed E-state index contributed by atoms with van der Waals surface area (Å²) in [5, 5.41) is 0.823. The molecular formula is C20H26N2O2. The van der Waals surface area contributed by atoms with Crippen LogP contribution in [0.4, 0.5) is 5.69 Å². The molecule has 0 aliphatic heterocycles. The largest absolute Gasteiger partial charge is 0.492 e. The lowest BCUT2D eigenvalue weighted by Gasteiger charge is -2.24. The Morgan fingerprint density at radius 3 is 2.83 bits per heavy atom. The van der Waals surface area contributed by atoms with Crippen LogP contribution in [0.1, 0.15) is 45.2 Å². The summed E-state index contributed by atoms with van der Waals surface area (Å²) in [6.07, 6.45) is 4.24. The third-order valence-electron chi connectivity index (χ3n) is 4.77. The van der Waals surface area contributed by atoms with Gasteiger partial charge in [-0.1, -0.05) is 18.9 Å². The summed E-state index contributed by atoms with van der Waals surface area (Å²) in [6.45, 7) is 6.19. The lowest BCUT2D eigenvalue weighted by Crippen LogP contribution is -2.31. The first-order valence-electron chi connectivity index (χ1n) is 8.69. The molecule has 1 saturated carbocycles. The second kappa shape index (κ2) is 6.42. The van der Waals surface area contributed by atoms with Crippen LogP contribution in [0.3, 0.4) is 0 Å². The summed E-state index contributed by atoms with van der Waals surface area (Å²) < 4.78 is 6.01. The van der Waals surface area contributed by atoms with E-state index >= 15 is 0 Å². The van der Waals surface area contributed by atoms with Gasteiger partial charge in [0.05, 0.1) is 16.3 Å². The van der Waals surface area contributed by atoms with Gasteiger partial charge in [0.25, 0.3) is 0 Å². The zero-order valence-corrected chi connectivity index (χ0v) is 14.8. The number of anilines is 1. The maximum atomic E-state index is 12.5. The fourth-order valence-corrected chi connectivity index (χ4v) is 2.96. The van der Waals surface area contributed by atoms with E-state index in [4.69, 9.17) is 10.5 Å². The number of aryl methyl sites for hydroxylation is 1. The second-order valence-corrected chi connectivity index (χ2v) is 7.58. The molecule has 1 aromatic carbocycles. The van der Waals surface area contributed by atoms with Crippen molar-refractivity contribution in [3.63, 3.8) is 0 Å². The van der Waals surface area contributed by atoms with E-state index in [0.717, 1.165) is 28.9 Å². The number of pyridine rings is 1. The number of hydrogen-bond acceptors (Lipinski definition) is 4. The van der Waals surface area contributed by atoms with Crippen LogP contribution in [0.2, 0.25) is 0 Å². The van der Waals surface area contributed by atoms with E-state index in [0.29, 0.717) is 24.5 Å². The Morgan fingerprint density at radius 2 is 2.12 bits per heavy atom. The lowest BCUT2D eigenvalue weighted by molar-refractivity contribution is -0.128. The molecule has 1 fully saturated rings. The van der Waals surface area contributed by atoms with Crippen molar-refractivity contribution in [1.82, 2.24) is 4.98 Å². The molecule has 2 aromatic rings. The van der Waals surface area contributed by atoms with Crippen LogP contribution in [-0.2, 0) is 4.79 Å². The second-order valence-electron chi connectivity index (χ2n) is 7.58. The lowest BCUT2D eigenvalue weighted by atomic mass is 9.86. The molecule has 0 radical (unpaired) electrons. The van der Waals surface area contributed by atoms with Crippen molar-refractivity contribution in [3.8, 4) is 5.75 Å². The van der Waals surface area contributed by atoms with Crippen LogP contribution in [-0.4, -0.2) is 17.4 Å². The molecule has 0 saturated heterocycles. The molecule has 24 heavy (non-hydrogen) atoms. The Kier molecular flexibility index (Phi) is 4.48. The number of fused-ring (bicyclic) bond motifs is 1. The molecule has 2 N–H and O–H groups in total. The number of nitrogens with zero attached hydrogens (tertiary/aromatic N) is 1. The van der Waals surface area contributed by atoms with Gasteiger partial charge in [-0.15, -0.1) is 0 Å². The Morgan fingerprint density at radius 1 is 1.38 bits per heavy atom. The summed E-state index contributed by atoms with van der Waals surface area (Å²) in [7, 11) is 0. The van der Waals surface area contributed by atoms with Crippen molar-refractivity contribution >= 4 is 22.4 Å². The molecule has 1 heterocycles. The van der Waals surface area contributed by atoms with Gasteiger partial charge in [0.1, 0.15) is 18.1 Å². The topological polar surface area (TPSA) is 65.2 Å². The Hall–Kier alpha value is -2.10. The average Bonchev–Trinajstić information content (AvgIpc) is 3.34. The van der Waals surface area contributed by atoms with Crippen molar-refractivity contribution in [2.45, 2.75) is 46.5 Å². The number of ether oxygens (including phenoxy) is 1. The van der Waals surface area contributed by atoms with Gasteiger partial charge in [0.2, 0.25) is 0 Å². The van der Waals surface area contributed by atoms with Gasteiger partial charge in [0.15, 0.2) is 0 Å². The van der Waals surface area contributed by atoms with Crippen LogP contribution < -0.4 is 10.5 Å². The molecule has 4 heteroatoms. The van der Waals surface area contributed by atoms with E-state index < -0.39 is 5.41 Å². The van der Waals surface area contributed by atoms with E-state index in [-0.39, 0.29) is 5.78 Å². The minimum absolute atomic E-state index is 0.275. The highest BCUT2D eigenvalue weighted by molar-refractivity contribution is 5.95. The molecule has 0 unspecified atom stereocenters. The van der Waals surface area contributed by atoms with Crippen molar-refractivity contribution in [3.05, 3.63) is 30.0 Å². The van der Waals surface area contributed by atoms with Gasteiger partial charge in [-0.2, -0.15) is 0 Å². The standard InChI is InChI=1S/C20H26N2O2/c1-13-11-15(21)19-16(22-13)5-4-6-17(19)24-12-20(2,3)18(23)10-9-14-7-8-14/h4-6,11,14H,7-10,12H2,1-3H3,(H2,21,22). The third kappa shape index (κ3) is 3.69. The molecule has 1 aromatic heterocycles. The number of aromatic nitrogens is 1. The van der Waals surface area contributed by atoms with Crippen LogP contribution >= 0.6 is 0 Å². The number of benzene rings is 1. The van der Waals surface area contributed by atoms with Gasteiger partial charge in [-0.05, 0) is 51.3 Å². The van der Waals surface area contributed by atoms with Crippen molar-refractivity contribution in [2.24, 2.45) is 11.3 Å². The number of nitrogen functional groups attached to an aromatic ring is 1. The monoisotopic (exact) mass is 326 g/mol. The normalized spacial score (nSPS) is 14.8. The molecular weight excluding hydrogens is 300 g/mol. The zero-order chi connectivity index (χ0) is 17.3. The highest BCUT2D eigenvalue weighted by atomic mass is 16.5. The third-order valence-corrected chi connectivity index (χ3v) is 4.77. The van der Waals surface area contributed by atoms with E-state index in [9.17, 15) is 4.79 Å². The minimum atomic E-state index is -0.496. The SMILES string of the molecule is Cc1cc(N)c2c(OCC(C)(C)C(=O)CCC3CC3)cccc2n1. The molecule has 0 spiro atoms. The maximum Gasteiger partial charge on any atom is 0.141 e. The van der Waals surface area contributed by atoms with Crippen molar-refractivity contribution in [2.75, 3.05) is 12.3 Å². The minimum Gasteiger partial charge on any atom is -0.492 e. The van der Waals surface area contributed by atoms with E-state index in [1.807, 2.05) is 45.0 Å². The highest BCUT2D eigenvalue weighted by Gasteiger charge is 2.30. The smallest absolute Gasteiger partial charge is 0.141 e. The summed E-state index contributed by atoms with van der Waals surface area (Å²) in [4.78, 5) is 17.0. The molecule has 128 valence electrons. The number of hydrogen-bond donors (Lipinski definition) is 1. The summed E-state index contributed by atoms with van der Waals surface area (Å²) in [5.41, 5.74) is 8.02. The number of carbonyl (C=O) groups excluding carboxylic acids is 1. The quantitative estimate of drug-likeness (QED) is 0.824. The van der Waals surface area contributed by atoms with Gasteiger partial charge in [0, 0.05) is 17.8 Å². The van der Waals surface area contributed by atoms with E-state index in [2.05, 4.69) is 4.98 Å². The van der Waals surface area contributed by atoms with Crippen LogP contribution in [0.15, 0.2) is 24.3 Å². The number of carbonyl (C=O) groups is 1. The fraction of sp³-hybridized carbons (Fsp3) is 0.500. The van der Waals surface area contributed by atoms with E-state index in [1.54, 1.807) is 0 Å². The zero-order valence-electron chi connectivity index (χ0n) is 14.8. The summed E-state index contributed by atoms with van der Waals surface area (Å²) >= 11 is 0. The van der Waals surface area contributed by atoms with Crippen LogP contribution in [0, 0.1) is 18.3 Å². The summed E-state index contributed by atoms with van der Waals surface area (Å²) in [5.74, 6) is 1.75. The molecule has 4 nitrogen and oxygen atoms in total. The van der Waals surface area contributed by atoms with Gasteiger partial charge < -0.3 is 10.5 Å². The van der Waals surface area contributed by atoms with Gasteiger partial charge in [-0.3, -0.25) is 9.78 Å². The molecule has 0 atom stereocenters. The molecule has 3 rings (SSSR count). The molecule has 1 aliphatic carbocycles. The highest BCUT2D eigenvalue weighted by Crippen LogP contribution is 2.35. The molecule has 0 bridgehead atoms. The maximum absolute atomic E-state index is 12.5. The first-order valence-corrected chi connectivity index (χ1v) is 8.69. The van der Waals surface area contributed by atoms with Crippen molar-refractivity contribution < 1.29 is 9.53 Å². The number of ketones is 1. The predicted molar refractivity (Wildman–Crippen MR) is 97.1 cm³/mol. The first kappa shape index (κ1) is 16.7. The number of nitrogens with two attached hydrogens (primary N) is 1.